The molecule has 56 valence electrons. The number of pyridine rings is 1. The minimum Gasteiger partial charge on any atom is -0.397 e. The highest BCUT2D eigenvalue weighted by molar-refractivity contribution is 5.58. The summed E-state index contributed by atoms with van der Waals surface area (Å²) in [5, 5.41) is 0. The summed E-state index contributed by atoms with van der Waals surface area (Å²) in [7, 11) is 0. The Balaban J connectivity index is 3.23. The van der Waals surface area contributed by atoms with Crippen molar-refractivity contribution in [1.29, 1.82) is 0 Å². The second-order valence-corrected chi connectivity index (χ2v) is 2.26. The predicted molar refractivity (Wildman–Crippen MR) is 46.0 cm³/mol. The fourth-order valence-corrected chi connectivity index (χ4v) is 0.911. The third-order valence-electron chi connectivity index (χ3n) is 1.61. The van der Waals surface area contributed by atoms with Gasteiger partial charge in [-0.05, 0) is 12.0 Å². The molecule has 0 bridgehead atoms. The minimum atomic E-state index is 0.685. The van der Waals surface area contributed by atoms with Crippen LogP contribution in [-0.2, 0) is 6.42 Å². The van der Waals surface area contributed by atoms with Gasteiger partial charge in [0.05, 0.1) is 11.3 Å². The van der Waals surface area contributed by atoms with Crippen LogP contribution in [0.1, 0.15) is 18.1 Å². The van der Waals surface area contributed by atoms with E-state index in [-0.39, 0.29) is 0 Å². The molecule has 0 aromatic carbocycles. The van der Waals surface area contributed by atoms with Gasteiger partial charge in [0.2, 0.25) is 0 Å². The van der Waals surface area contributed by atoms with Gasteiger partial charge in [-0.3, -0.25) is 4.98 Å². The molecule has 2 nitrogen and oxygen atoms in total. The molecular formula is C9H10N2. The van der Waals surface area contributed by atoms with Crippen LogP contribution in [0.25, 0.3) is 0 Å². The highest BCUT2D eigenvalue weighted by Crippen LogP contribution is 2.14. The quantitative estimate of drug-likeness (QED) is 0.605. The van der Waals surface area contributed by atoms with Crippen LogP contribution in [0.4, 0.5) is 5.69 Å². The molecule has 1 heterocycles. The second kappa shape index (κ2) is 3.07. The Kier molecular flexibility index (Phi) is 2.12. The van der Waals surface area contributed by atoms with Crippen LogP contribution >= 0.6 is 0 Å². The Hall–Kier alpha value is -1.49. The molecule has 0 saturated carbocycles. The van der Waals surface area contributed by atoms with Gasteiger partial charge in [-0.2, -0.15) is 0 Å². The van der Waals surface area contributed by atoms with E-state index in [2.05, 4.69) is 10.9 Å². The van der Waals surface area contributed by atoms with Gasteiger partial charge in [0.15, 0.2) is 0 Å². The average molecular weight is 146 g/mol. The van der Waals surface area contributed by atoms with Gasteiger partial charge in [0.1, 0.15) is 0 Å². The van der Waals surface area contributed by atoms with Crippen molar-refractivity contribution in [1.82, 2.24) is 4.98 Å². The molecule has 1 rings (SSSR count). The first-order valence-corrected chi connectivity index (χ1v) is 3.48. The van der Waals surface area contributed by atoms with Crippen molar-refractivity contribution < 1.29 is 0 Å². The largest absolute Gasteiger partial charge is 0.397 e. The zero-order valence-electron chi connectivity index (χ0n) is 6.46. The molecule has 2 N–H and O–H groups in total. The Labute approximate surface area is 66.4 Å². The maximum absolute atomic E-state index is 5.72. The first-order valence-electron chi connectivity index (χ1n) is 3.48. The summed E-state index contributed by atoms with van der Waals surface area (Å²) in [4.78, 5) is 3.96. The van der Waals surface area contributed by atoms with E-state index in [1.807, 2.05) is 6.92 Å². The Bertz CT molecular complexity index is 297. The van der Waals surface area contributed by atoms with Gasteiger partial charge in [-0.1, -0.05) is 12.8 Å². The maximum Gasteiger partial charge on any atom is 0.0658 e. The molecule has 0 radical (unpaired) electrons. The lowest BCUT2D eigenvalue weighted by Gasteiger charge is -2.02. The molecule has 11 heavy (non-hydrogen) atoms. The standard InChI is InChI=1S/C9H10N2/c1-3-7-5-11-6-8(4-2)9(7)10/h1,5-6H,4H2,2H3,(H2,10,11). The topological polar surface area (TPSA) is 38.9 Å². The molecular weight excluding hydrogens is 136 g/mol. The number of anilines is 1. The number of aryl methyl sites for hydroxylation is 1. The minimum absolute atomic E-state index is 0.685. The number of hydrogen-bond acceptors (Lipinski definition) is 2. The van der Waals surface area contributed by atoms with Crippen molar-refractivity contribution in [3.05, 3.63) is 23.5 Å². The molecule has 1 aromatic rings. The first kappa shape index (κ1) is 7.62. The van der Waals surface area contributed by atoms with Gasteiger partial charge >= 0.3 is 0 Å². The molecule has 0 unspecified atom stereocenters. The molecule has 1 aromatic heterocycles. The van der Waals surface area contributed by atoms with E-state index in [0.717, 1.165) is 12.0 Å². The fourth-order valence-electron chi connectivity index (χ4n) is 0.911. The highest BCUT2D eigenvalue weighted by atomic mass is 14.7. The normalized spacial score (nSPS) is 9.09. The van der Waals surface area contributed by atoms with Gasteiger partial charge in [-0.25, -0.2) is 0 Å². The zero-order valence-corrected chi connectivity index (χ0v) is 6.46. The van der Waals surface area contributed by atoms with Crippen LogP contribution in [0.2, 0.25) is 0 Å². The van der Waals surface area contributed by atoms with Gasteiger partial charge in [0.25, 0.3) is 0 Å². The Morgan fingerprint density at radius 3 is 2.91 bits per heavy atom. The molecule has 0 spiro atoms. The van der Waals surface area contributed by atoms with E-state index in [4.69, 9.17) is 12.2 Å². The van der Waals surface area contributed by atoms with E-state index in [1.165, 1.54) is 0 Å². The summed E-state index contributed by atoms with van der Waals surface area (Å²) in [6, 6.07) is 0. The van der Waals surface area contributed by atoms with Crippen LogP contribution in [0.5, 0.6) is 0 Å². The van der Waals surface area contributed by atoms with Gasteiger partial charge in [0, 0.05) is 12.4 Å². The second-order valence-electron chi connectivity index (χ2n) is 2.26. The lowest BCUT2D eigenvalue weighted by atomic mass is 10.1. The van der Waals surface area contributed by atoms with Gasteiger partial charge in [-0.15, -0.1) is 6.42 Å². The molecule has 2 heteroatoms. The SMILES string of the molecule is C#Cc1cncc(CC)c1N. The number of nitrogens with two attached hydrogens (primary N) is 1. The number of hydrogen-bond donors (Lipinski definition) is 1. The first-order chi connectivity index (χ1) is 5.29. The van der Waals surface area contributed by atoms with E-state index in [1.54, 1.807) is 12.4 Å². The Morgan fingerprint density at radius 1 is 1.64 bits per heavy atom. The van der Waals surface area contributed by atoms with Gasteiger partial charge < -0.3 is 5.73 Å². The average Bonchev–Trinajstić information content (AvgIpc) is 2.05. The lowest BCUT2D eigenvalue weighted by molar-refractivity contribution is 1.10. The third-order valence-corrected chi connectivity index (χ3v) is 1.61. The monoisotopic (exact) mass is 146 g/mol. The summed E-state index contributed by atoms with van der Waals surface area (Å²) < 4.78 is 0. The third kappa shape index (κ3) is 1.32. The fraction of sp³-hybridized carbons (Fsp3) is 0.222. The number of rotatable bonds is 1. The summed E-state index contributed by atoms with van der Waals surface area (Å²) in [6.45, 7) is 2.02. The maximum atomic E-state index is 5.72. The number of nitrogen functional groups attached to an aromatic ring is 1. The van der Waals surface area contributed by atoms with Crippen molar-refractivity contribution in [2.24, 2.45) is 0 Å². The van der Waals surface area contributed by atoms with Crippen molar-refractivity contribution in [2.75, 3.05) is 5.73 Å². The number of nitrogens with zero attached hydrogens (tertiary/aromatic N) is 1. The van der Waals surface area contributed by atoms with Crippen molar-refractivity contribution in [2.45, 2.75) is 13.3 Å². The van der Waals surface area contributed by atoms with E-state index < -0.39 is 0 Å². The zero-order chi connectivity index (χ0) is 8.27. The van der Waals surface area contributed by atoms with Crippen molar-refractivity contribution in [3.8, 4) is 12.3 Å². The summed E-state index contributed by atoms with van der Waals surface area (Å²) >= 11 is 0. The molecule has 0 amide bonds. The lowest BCUT2D eigenvalue weighted by Crippen LogP contribution is -1.97. The molecule has 0 aliphatic carbocycles. The van der Waals surface area contributed by atoms with Crippen LogP contribution in [0.3, 0.4) is 0 Å². The summed E-state index contributed by atoms with van der Waals surface area (Å²) in [5.74, 6) is 2.48. The smallest absolute Gasteiger partial charge is 0.0658 e. The van der Waals surface area contributed by atoms with Crippen molar-refractivity contribution >= 4 is 5.69 Å². The summed E-state index contributed by atoms with van der Waals surface area (Å²) in [6.07, 6.45) is 9.43. The van der Waals surface area contributed by atoms with Crippen LogP contribution in [0, 0.1) is 12.3 Å². The van der Waals surface area contributed by atoms with Crippen LogP contribution < -0.4 is 5.73 Å². The molecule has 0 aliphatic heterocycles. The highest BCUT2D eigenvalue weighted by Gasteiger charge is 2.00. The van der Waals surface area contributed by atoms with Crippen LogP contribution in [-0.4, -0.2) is 4.98 Å². The predicted octanol–water partition coefficient (Wildman–Crippen LogP) is 1.21. The van der Waals surface area contributed by atoms with Crippen LogP contribution in [0.15, 0.2) is 12.4 Å². The molecule has 0 aliphatic rings. The van der Waals surface area contributed by atoms with E-state index in [0.29, 0.717) is 11.3 Å². The van der Waals surface area contributed by atoms with E-state index in [9.17, 15) is 0 Å². The summed E-state index contributed by atoms with van der Waals surface area (Å²) in [5.41, 5.74) is 8.11. The van der Waals surface area contributed by atoms with E-state index >= 15 is 0 Å². The van der Waals surface area contributed by atoms with Crippen molar-refractivity contribution in [3.63, 3.8) is 0 Å². The molecule has 0 saturated heterocycles. The Morgan fingerprint density at radius 2 is 2.36 bits per heavy atom. The molecule has 0 atom stereocenters. The number of terminal acetylenes is 1. The molecule has 0 fully saturated rings. The number of aromatic nitrogens is 1.